The monoisotopic (exact) mass is 406 g/mol. The van der Waals surface area contributed by atoms with Crippen molar-refractivity contribution in [1.29, 1.82) is 0 Å². The molecule has 0 unspecified atom stereocenters. The van der Waals surface area contributed by atoms with Crippen molar-refractivity contribution in [2.24, 2.45) is 0 Å². The second-order valence-corrected chi connectivity index (χ2v) is 8.55. The van der Waals surface area contributed by atoms with Crippen LogP contribution in [0, 0.1) is 5.82 Å². The quantitative estimate of drug-likeness (QED) is 0.426. The van der Waals surface area contributed by atoms with Gasteiger partial charge in [0.05, 0.1) is 0 Å². The molecule has 2 aromatic heterocycles. The first-order valence-electron chi connectivity index (χ1n) is 9.87. The van der Waals surface area contributed by atoms with E-state index < -0.39 is 0 Å². The van der Waals surface area contributed by atoms with Gasteiger partial charge in [-0.05, 0) is 49.2 Å². The molecule has 1 fully saturated rings. The van der Waals surface area contributed by atoms with Crippen molar-refractivity contribution in [2.45, 2.75) is 38.1 Å². The first-order valence-corrected chi connectivity index (χ1v) is 10.7. The Morgan fingerprint density at radius 1 is 0.966 bits per heavy atom. The molecule has 29 heavy (non-hydrogen) atoms. The molecule has 1 aliphatic rings. The average Bonchev–Trinajstić information content (AvgIpc) is 2.75. The van der Waals surface area contributed by atoms with Crippen molar-refractivity contribution in [3.05, 3.63) is 74.9 Å². The van der Waals surface area contributed by atoms with Crippen LogP contribution in [0.15, 0.2) is 58.1 Å². The molecule has 6 heteroatoms. The minimum absolute atomic E-state index is 0.00377. The van der Waals surface area contributed by atoms with Crippen LogP contribution in [-0.4, -0.2) is 9.55 Å². The van der Waals surface area contributed by atoms with E-state index in [9.17, 15) is 14.0 Å². The second kappa shape index (κ2) is 7.19. The molecule has 2 heterocycles. The summed E-state index contributed by atoms with van der Waals surface area (Å²) < 4.78 is 16.0. The van der Waals surface area contributed by atoms with Crippen LogP contribution in [0.4, 0.5) is 4.39 Å². The Bertz CT molecular complexity index is 1340. The summed E-state index contributed by atoms with van der Waals surface area (Å²) in [6.45, 7) is 0. The highest BCUT2D eigenvalue weighted by molar-refractivity contribution is 7.24. The van der Waals surface area contributed by atoms with E-state index >= 15 is 0 Å². The van der Waals surface area contributed by atoms with Gasteiger partial charge >= 0.3 is 0 Å². The molecule has 0 spiro atoms. The molecule has 0 saturated heterocycles. The maximum atomic E-state index is 13.6. The van der Waals surface area contributed by atoms with Crippen LogP contribution in [0.1, 0.15) is 38.1 Å². The van der Waals surface area contributed by atoms with Crippen LogP contribution in [0.5, 0.6) is 0 Å². The van der Waals surface area contributed by atoms with Crippen molar-refractivity contribution >= 4 is 31.6 Å². The molecule has 0 bridgehead atoms. The van der Waals surface area contributed by atoms with Gasteiger partial charge in [0.1, 0.15) is 21.9 Å². The Balaban J connectivity index is 1.88. The summed E-state index contributed by atoms with van der Waals surface area (Å²) in [7, 11) is 0. The van der Waals surface area contributed by atoms with E-state index in [1.54, 1.807) is 22.8 Å². The predicted octanol–water partition coefficient (Wildman–Crippen LogP) is 5.28. The van der Waals surface area contributed by atoms with Crippen LogP contribution in [-0.2, 0) is 0 Å². The van der Waals surface area contributed by atoms with Gasteiger partial charge in [0.2, 0.25) is 5.43 Å². The number of rotatable bonds is 2. The number of hydrogen-bond donors (Lipinski definition) is 0. The first-order chi connectivity index (χ1) is 14.1. The summed E-state index contributed by atoms with van der Waals surface area (Å²) in [5, 5.41) is 0.707. The van der Waals surface area contributed by atoms with E-state index in [0.717, 1.165) is 36.8 Å². The summed E-state index contributed by atoms with van der Waals surface area (Å²) in [4.78, 5) is 32.0. The number of halogens is 1. The molecular weight excluding hydrogens is 387 g/mol. The molecule has 0 aliphatic heterocycles. The third kappa shape index (κ3) is 3.08. The molecule has 5 rings (SSSR count). The van der Waals surface area contributed by atoms with Crippen molar-refractivity contribution in [3.8, 4) is 11.4 Å². The van der Waals surface area contributed by atoms with E-state index in [0.29, 0.717) is 21.6 Å². The maximum absolute atomic E-state index is 13.6. The lowest BCUT2D eigenvalue weighted by atomic mass is 9.94. The van der Waals surface area contributed by atoms with Crippen molar-refractivity contribution in [2.75, 3.05) is 0 Å². The highest BCUT2D eigenvalue weighted by Crippen LogP contribution is 2.32. The third-order valence-electron chi connectivity index (χ3n) is 5.69. The molecule has 4 aromatic rings. The fourth-order valence-corrected chi connectivity index (χ4v) is 5.28. The largest absolute Gasteiger partial charge is 0.289 e. The maximum Gasteiger partial charge on any atom is 0.266 e. The van der Waals surface area contributed by atoms with E-state index in [1.807, 2.05) is 18.2 Å². The van der Waals surface area contributed by atoms with Crippen molar-refractivity contribution in [3.63, 3.8) is 0 Å². The van der Waals surface area contributed by atoms with Gasteiger partial charge in [-0.15, -0.1) is 11.3 Å². The number of fused-ring (bicyclic) bond motifs is 2. The smallest absolute Gasteiger partial charge is 0.266 e. The number of aromatic nitrogens is 2. The lowest BCUT2D eigenvalue weighted by Crippen LogP contribution is -2.31. The van der Waals surface area contributed by atoms with E-state index in [2.05, 4.69) is 0 Å². The van der Waals surface area contributed by atoms with E-state index in [-0.39, 0.29) is 28.2 Å². The molecule has 4 nitrogen and oxygen atoms in total. The van der Waals surface area contributed by atoms with Crippen molar-refractivity contribution < 1.29 is 4.39 Å². The number of nitrogens with zero attached hydrogens (tertiary/aromatic N) is 2. The Morgan fingerprint density at radius 2 is 1.69 bits per heavy atom. The van der Waals surface area contributed by atoms with Crippen LogP contribution < -0.4 is 11.0 Å². The zero-order chi connectivity index (χ0) is 20.0. The van der Waals surface area contributed by atoms with Gasteiger partial charge in [0.15, 0.2) is 0 Å². The van der Waals surface area contributed by atoms with Gasteiger partial charge in [-0.1, -0.05) is 31.4 Å². The zero-order valence-corrected chi connectivity index (χ0v) is 16.5. The highest BCUT2D eigenvalue weighted by Gasteiger charge is 2.24. The van der Waals surface area contributed by atoms with Crippen LogP contribution in [0.2, 0.25) is 0 Å². The van der Waals surface area contributed by atoms with Crippen LogP contribution in [0.3, 0.4) is 0 Å². The highest BCUT2D eigenvalue weighted by atomic mass is 32.1. The molecule has 0 atom stereocenters. The topological polar surface area (TPSA) is 52.0 Å². The average molecular weight is 406 g/mol. The molecule has 2 aromatic carbocycles. The Morgan fingerprint density at radius 3 is 2.45 bits per heavy atom. The minimum atomic E-state index is -0.336. The minimum Gasteiger partial charge on any atom is -0.289 e. The summed E-state index contributed by atoms with van der Waals surface area (Å²) in [6.07, 6.45) is 5.00. The Hall–Kier alpha value is -2.86. The van der Waals surface area contributed by atoms with E-state index in [1.165, 1.54) is 23.5 Å². The molecule has 1 saturated carbocycles. The van der Waals surface area contributed by atoms with Gasteiger partial charge < -0.3 is 0 Å². The normalized spacial score (nSPS) is 15.2. The molecule has 0 radical (unpaired) electrons. The number of hydrogen-bond acceptors (Lipinski definition) is 4. The molecule has 0 N–H and O–H groups in total. The lowest BCUT2D eigenvalue weighted by molar-refractivity contribution is 0.348. The van der Waals surface area contributed by atoms with Crippen LogP contribution in [0.25, 0.3) is 31.7 Å². The summed E-state index contributed by atoms with van der Waals surface area (Å²) in [5.74, 6) is 0.178. The van der Waals surface area contributed by atoms with Gasteiger partial charge in [0.25, 0.3) is 5.56 Å². The second-order valence-electron chi connectivity index (χ2n) is 7.52. The predicted molar refractivity (Wildman–Crippen MR) is 115 cm³/mol. The van der Waals surface area contributed by atoms with Gasteiger partial charge in [-0.25, -0.2) is 9.37 Å². The van der Waals surface area contributed by atoms with Crippen molar-refractivity contribution in [1.82, 2.24) is 9.55 Å². The molecule has 146 valence electrons. The summed E-state index contributed by atoms with van der Waals surface area (Å²) in [6, 6.07) is 13.3. The Kier molecular flexibility index (Phi) is 4.51. The molecule has 1 aliphatic carbocycles. The van der Waals surface area contributed by atoms with Gasteiger partial charge in [-0.2, -0.15) is 0 Å². The first kappa shape index (κ1) is 18.2. The van der Waals surface area contributed by atoms with E-state index in [4.69, 9.17) is 4.98 Å². The fraction of sp³-hybridized carbons (Fsp3) is 0.261. The lowest BCUT2D eigenvalue weighted by Gasteiger charge is -2.26. The number of benzene rings is 2. The standard InChI is InChI=1S/C23H19FN2O2S/c24-15-12-10-14(11-13-15)21-25-22-19(20(27)17-8-4-5-9-18(17)29-22)23(28)26(21)16-6-2-1-3-7-16/h4-5,8-13,16H,1-3,6-7H2. The van der Waals surface area contributed by atoms with Crippen LogP contribution >= 0.6 is 11.3 Å². The summed E-state index contributed by atoms with van der Waals surface area (Å²) in [5.41, 5.74) is 0.138. The third-order valence-corrected chi connectivity index (χ3v) is 6.75. The van der Waals surface area contributed by atoms with Gasteiger partial charge in [-0.3, -0.25) is 14.2 Å². The molecule has 0 amide bonds. The Labute approximate surface area is 170 Å². The van der Waals surface area contributed by atoms with Gasteiger partial charge in [0, 0.05) is 21.7 Å². The fourth-order valence-electron chi connectivity index (χ4n) is 4.24. The SMILES string of the molecule is O=c1c2ccccc2sc2nc(-c3ccc(F)cc3)n(C3CCCCC3)c(=O)c12. The zero-order valence-electron chi connectivity index (χ0n) is 15.7. The summed E-state index contributed by atoms with van der Waals surface area (Å²) >= 11 is 1.35. The molecular formula is C23H19FN2O2S.